The van der Waals surface area contributed by atoms with Crippen LogP contribution >= 0.6 is 15.9 Å². The number of anilines is 1. The van der Waals surface area contributed by atoms with Crippen LogP contribution in [0.4, 0.5) is 5.69 Å². The maximum atomic E-state index is 11.5. The summed E-state index contributed by atoms with van der Waals surface area (Å²) in [5.74, 6) is 0. The molecule has 17 heavy (non-hydrogen) atoms. The first-order valence-electron chi connectivity index (χ1n) is 4.95. The van der Waals surface area contributed by atoms with Gasteiger partial charge in [-0.15, -0.1) is 0 Å². The van der Waals surface area contributed by atoms with Gasteiger partial charge >= 0.3 is 0 Å². The number of hydrogen-bond donors (Lipinski definition) is 1. The van der Waals surface area contributed by atoms with E-state index in [0.29, 0.717) is 5.69 Å². The Morgan fingerprint density at radius 2 is 2.06 bits per heavy atom. The van der Waals surface area contributed by atoms with E-state index in [0.717, 1.165) is 16.6 Å². The number of halogens is 1. The van der Waals surface area contributed by atoms with Crippen LogP contribution in [0.2, 0.25) is 0 Å². The zero-order valence-corrected chi connectivity index (χ0v) is 11.5. The van der Waals surface area contributed by atoms with Gasteiger partial charge in [0, 0.05) is 11.1 Å². The molecule has 0 bridgehead atoms. The Bertz CT molecular complexity index is 656. The molecule has 2 rings (SSSR count). The van der Waals surface area contributed by atoms with Gasteiger partial charge in [-0.3, -0.25) is 9.71 Å². The molecule has 1 N–H and O–H groups in total. The third-order valence-corrected chi connectivity index (χ3v) is 4.88. The molecule has 0 spiro atoms. The fraction of sp³-hybridized carbons (Fsp3) is 0.182. The standard InChI is InChI=1S/C11H11BrN2O2S/c1-8-6-11(14-17(15,16)7-12)9-4-2-3-5-10(9)13-8/h2-6H,7H2,1H3,(H,13,14). The van der Waals surface area contributed by atoms with Gasteiger partial charge in [0.1, 0.15) is 4.66 Å². The Morgan fingerprint density at radius 3 is 2.76 bits per heavy atom. The number of hydrogen-bond acceptors (Lipinski definition) is 3. The van der Waals surface area contributed by atoms with Crippen LogP contribution in [0, 0.1) is 6.92 Å². The predicted molar refractivity (Wildman–Crippen MR) is 72.8 cm³/mol. The molecule has 0 radical (unpaired) electrons. The third kappa shape index (κ3) is 2.76. The molecule has 1 aromatic heterocycles. The Morgan fingerprint density at radius 1 is 1.35 bits per heavy atom. The van der Waals surface area contributed by atoms with Gasteiger partial charge in [0.25, 0.3) is 0 Å². The number of benzene rings is 1. The smallest absolute Gasteiger partial charge is 0.242 e. The first kappa shape index (κ1) is 12.3. The van der Waals surface area contributed by atoms with E-state index in [9.17, 15) is 8.42 Å². The third-order valence-electron chi connectivity index (χ3n) is 2.25. The fourth-order valence-electron chi connectivity index (χ4n) is 1.59. The van der Waals surface area contributed by atoms with Crippen molar-refractivity contribution in [1.82, 2.24) is 4.98 Å². The van der Waals surface area contributed by atoms with E-state index in [1.165, 1.54) is 0 Å². The number of sulfonamides is 1. The fourth-order valence-corrected chi connectivity index (χ4v) is 2.49. The molecular weight excluding hydrogens is 304 g/mol. The number of nitrogens with one attached hydrogen (secondary N) is 1. The summed E-state index contributed by atoms with van der Waals surface area (Å²) >= 11 is 2.94. The summed E-state index contributed by atoms with van der Waals surface area (Å²) in [4.78, 5) is 4.35. The molecule has 0 amide bonds. The molecule has 90 valence electrons. The van der Waals surface area contributed by atoms with Crippen LogP contribution in [0.3, 0.4) is 0 Å². The first-order valence-corrected chi connectivity index (χ1v) is 7.72. The molecule has 1 aromatic carbocycles. The van der Waals surface area contributed by atoms with E-state index in [1.807, 2.05) is 31.2 Å². The van der Waals surface area contributed by atoms with Gasteiger partial charge in [-0.25, -0.2) is 8.42 Å². The van der Waals surface area contributed by atoms with Gasteiger partial charge in [-0.05, 0) is 19.1 Å². The lowest BCUT2D eigenvalue weighted by atomic mass is 10.2. The van der Waals surface area contributed by atoms with Crippen molar-refractivity contribution in [2.75, 3.05) is 9.38 Å². The van der Waals surface area contributed by atoms with E-state index in [1.54, 1.807) is 6.07 Å². The van der Waals surface area contributed by atoms with Crippen molar-refractivity contribution in [1.29, 1.82) is 0 Å². The molecule has 1 heterocycles. The summed E-state index contributed by atoms with van der Waals surface area (Å²) in [5, 5.41) is 0.794. The summed E-state index contributed by atoms with van der Waals surface area (Å²) < 4.78 is 25.5. The molecule has 4 nitrogen and oxygen atoms in total. The molecule has 2 aromatic rings. The minimum Gasteiger partial charge on any atom is -0.282 e. The highest BCUT2D eigenvalue weighted by atomic mass is 79.9. The van der Waals surface area contributed by atoms with Gasteiger partial charge in [0.05, 0.1) is 11.2 Å². The van der Waals surface area contributed by atoms with E-state index in [2.05, 4.69) is 25.6 Å². The molecule has 0 aliphatic heterocycles. The number of pyridine rings is 1. The average Bonchev–Trinajstić information content (AvgIpc) is 2.28. The highest BCUT2D eigenvalue weighted by Crippen LogP contribution is 2.24. The topological polar surface area (TPSA) is 59.1 Å². The van der Waals surface area contributed by atoms with Crippen LogP contribution in [0.5, 0.6) is 0 Å². The van der Waals surface area contributed by atoms with Crippen LogP contribution in [0.25, 0.3) is 10.9 Å². The van der Waals surface area contributed by atoms with Crippen molar-refractivity contribution < 1.29 is 8.42 Å². The molecule has 0 fully saturated rings. The quantitative estimate of drug-likeness (QED) is 0.886. The lowest BCUT2D eigenvalue weighted by Gasteiger charge is -2.09. The molecule has 0 unspecified atom stereocenters. The maximum Gasteiger partial charge on any atom is 0.242 e. The van der Waals surface area contributed by atoms with Crippen LogP contribution < -0.4 is 4.72 Å². The number of aryl methyl sites for hydroxylation is 1. The number of alkyl halides is 1. The lowest BCUT2D eigenvalue weighted by Crippen LogP contribution is -2.13. The second-order valence-corrected chi connectivity index (χ2v) is 6.68. The number of fused-ring (bicyclic) bond motifs is 1. The van der Waals surface area contributed by atoms with Crippen molar-refractivity contribution >= 4 is 42.5 Å². The van der Waals surface area contributed by atoms with Crippen molar-refractivity contribution in [2.45, 2.75) is 6.92 Å². The van der Waals surface area contributed by atoms with E-state index in [4.69, 9.17) is 0 Å². The van der Waals surface area contributed by atoms with Gasteiger partial charge in [-0.1, -0.05) is 34.1 Å². The van der Waals surface area contributed by atoms with Crippen LogP contribution in [-0.2, 0) is 10.0 Å². The SMILES string of the molecule is Cc1cc(NS(=O)(=O)CBr)c2ccccc2n1. The Labute approximate surface area is 108 Å². The van der Waals surface area contributed by atoms with Gasteiger partial charge in [0.2, 0.25) is 10.0 Å². The summed E-state index contributed by atoms with van der Waals surface area (Å²) in [5.41, 5.74) is 2.11. The molecule has 0 saturated heterocycles. The highest BCUT2D eigenvalue weighted by molar-refractivity contribution is 9.10. The van der Waals surface area contributed by atoms with Crippen molar-refractivity contribution in [3.8, 4) is 0 Å². The van der Waals surface area contributed by atoms with Crippen LogP contribution in [0.1, 0.15) is 5.69 Å². The van der Waals surface area contributed by atoms with Crippen molar-refractivity contribution in [2.24, 2.45) is 0 Å². The monoisotopic (exact) mass is 314 g/mol. The number of para-hydroxylation sites is 1. The van der Waals surface area contributed by atoms with Crippen molar-refractivity contribution in [3.63, 3.8) is 0 Å². The molecule has 0 aliphatic carbocycles. The minimum atomic E-state index is -3.34. The normalized spacial score (nSPS) is 11.6. The maximum absolute atomic E-state index is 11.5. The Balaban J connectivity index is 2.60. The van der Waals surface area contributed by atoms with E-state index >= 15 is 0 Å². The van der Waals surface area contributed by atoms with Gasteiger partial charge in [-0.2, -0.15) is 0 Å². The predicted octanol–water partition coefficient (Wildman–Crippen LogP) is 2.64. The van der Waals surface area contributed by atoms with Gasteiger partial charge < -0.3 is 0 Å². The Kier molecular flexibility index (Phi) is 3.35. The molecule has 0 saturated carbocycles. The minimum absolute atomic E-state index is 0.129. The average molecular weight is 315 g/mol. The van der Waals surface area contributed by atoms with Crippen LogP contribution in [0.15, 0.2) is 30.3 Å². The highest BCUT2D eigenvalue weighted by Gasteiger charge is 2.11. The molecule has 6 heteroatoms. The number of nitrogens with zero attached hydrogens (tertiary/aromatic N) is 1. The zero-order valence-electron chi connectivity index (χ0n) is 9.14. The zero-order chi connectivity index (χ0) is 12.5. The molecule has 0 atom stereocenters. The second kappa shape index (κ2) is 4.62. The molecular formula is C11H11BrN2O2S. The van der Waals surface area contributed by atoms with E-state index in [-0.39, 0.29) is 4.66 Å². The van der Waals surface area contributed by atoms with E-state index < -0.39 is 10.0 Å². The lowest BCUT2D eigenvalue weighted by molar-refractivity contribution is 0.606. The number of rotatable bonds is 3. The summed E-state index contributed by atoms with van der Waals surface area (Å²) in [7, 11) is -3.34. The van der Waals surface area contributed by atoms with Gasteiger partial charge in [0.15, 0.2) is 0 Å². The summed E-state index contributed by atoms with van der Waals surface area (Å²) in [6, 6.07) is 9.15. The Hall–Kier alpha value is -1.14. The first-order chi connectivity index (χ1) is 8.02. The van der Waals surface area contributed by atoms with Crippen molar-refractivity contribution in [3.05, 3.63) is 36.0 Å². The molecule has 0 aliphatic rings. The summed E-state index contributed by atoms with van der Waals surface area (Å²) in [6.45, 7) is 1.83. The number of aromatic nitrogens is 1. The largest absolute Gasteiger partial charge is 0.282 e. The second-order valence-electron chi connectivity index (χ2n) is 3.65. The van der Waals surface area contributed by atoms with Crippen LogP contribution in [-0.4, -0.2) is 18.1 Å². The summed E-state index contributed by atoms with van der Waals surface area (Å²) in [6.07, 6.45) is 0.